The van der Waals surface area contributed by atoms with Crippen LogP contribution in [0, 0.1) is 0 Å². The Bertz CT molecular complexity index is 890. The second-order valence-corrected chi connectivity index (χ2v) is 7.55. The van der Waals surface area contributed by atoms with Crippen molar-refractivity contribution in [2.45, 2.75) is 32.2 Å². The number of likely N-dealkylation sites (tertiary alicyclic amines) is 1. The molecule has 0 N–H and O–H groups in total. The normalized spacial score (nSPS) is 16.9. The fraction of sp³-hybridized carbons (Fsp3) is 0.350. The molecular weight excluding hydrogens is 362 g/mol. The Balaban J connectivity index is 1.39. The number of thiophene rings is 1. The van der Waals surface area contributed by atoms with Crippen LogP contribution in [0.25, 0.3) is 10.7 Å². The molecule has 0 aliphatic carbocycles. The third-order valence-corrected chi connectivity index (χ3v) is 5.38. The van der Waals surface area contributed by atoms with E-state index in [-0.39, 0.29) is 11.8 Å². The maximum Gasteiger partial charge on any atom is 0.232 e. The summed E-state index contributed by atoms with van der Waals surface area (Å²) in [4.78, 5) is 19.7. The molecule has 1 atom stereocenters. The van der Waals surface area contributed by atoms with Gasteiger partial charge in [0.15, 0.2) is 0 Å². The zero-order chi connectivity index (χ0) is 18.6. The molecule has 0 radical (unpaired) electrons. The van der Waals surface area contributed by atoms with Crippen LogP contribution in [0.5, 0.6) is 5.75 Å². The largest absolute Gasteiger partial charge is 0.494 e. The molecule has 0 saturated carbocycles. The quantitative estimate of drug-likeness (QED) is 0.614. The van der Waals surface area contributed by atoms with Crippen LogP contribution in [0.4, 0.5) is 0 Å². The highest BCUT2D eigenvalue weighted by atomic mass is 32.1. The van der Waals surface area contributed by atoms with Crippen molar-refractivity contribution in [3.05, 3.63) is 53.2 Å². The van der Waals surface area contributed by atoms with Gasteiger partial charge in [-0.3, -0.25) is 4.79 Å². The van der Waals surface area contributed by atoms with Gasteiger partial charge in [0, 0.05) is 19.5 Å². The molecule has 1 amide bonds. The first kappa shape index (κ1) is 17.7. The number of ether oxygens (including phenoxy) is 1. The summed E-state index contributed by atoms with van der Waals surface area (Å²) in [5, 5.41) is 6.03. The molecule has 3 heterocycles. The maximum atomic E-state index is 12.4. The van der Waals surface area contributed by atoms with Crippen LogP contribution in [0.2, 0.25) is 0 Å². The lowest BCUT2D eigenvalue weighted by molar-refractivity contribution is -0.128. The van der Waals surface area contributed by atoms with Crippen molar-refractivity contribution in [3.8, 4) is 16.5 Å². The molecule has 1 fully saturated rings. The highest BCUT2D eigenvalue weighted by molar-refractivity contribution is 7.13. The summed E-state index contributed by atoms with van der Waals surface area (Å²) in [5.74, 6) is 2.05. The Labute approximate surface area is 161 Å². The summed E-state index contributed by atoms with van der Waals surface area (Å²) in [6.07, 6.45) is 1.39. The molecule has 2 aromatic heterocycles. The molecule has 3 aromatic rings. The first-order valence-corrected chi connectivity index (χ1v) is 9.98. The average molecular weight is 383 g/mol. The van der Waals surface area contributed by atoms with E-state index in [1.807, 2.05) is 46.7 Å². The highest BCUT2D eigenvalue weighted by Gasteiger charge is 2.34. The summed E-state index contributed by atoms with van der Waals surface area (Å²) in [6.45, 7) is 3.97. The first-order valence-electron chi connectivity index (χ1n) is 9.10. The summed E-state index contributed by atoms with van der Waals surface area (Å²) < 4.78 is 11.0. The molecule has 7 heteroatoms. The van der Waals surface area contributed by atoms with Gasteiger partial charge in [-0.2, -0.15) is 4.98 Å². The molecule has 1 aliphatic heterocycles. The smallest absolute Gasteiger partial charge is 0.232 e. The number of nitrogens with zero attached hydrogens (tertiary/aromatic N) is 3. The van der Waals surface area contributed by atoms with E-state index in [2.05, 4.69) is 17.1 Å². The number of rotatable bonds is 7. The topological polar surface area (TPSA) is 68.5 Å². The predicted octanol–water partition coefficient (Wildman–Crippen LogP) is 4.10. The van der Waals surface area contributed by atoms with Crippen LogP contribution >= 0.6 is 11.3 Å². The van der Waals surface area contributed by atoms with E-state index in [0.29, 0.717) is 37.8 Å². The van der Waals surface area contributed by atoms with Gasteiger partial charge in [0.25, 0.3) is 0 Å². The van der Waals surface area contributed by atoms with Crippen LogP contribution in [0.3, 0.4) is 0 Å². The van der Waals surface area contributed by atoms with Crippen LogP contribution in [-0.4, -0.2) is 34.1 Å². The van der Waals surface area contributed by atoms with E-state index in [0.717, 1.165) is 22.6 Å². The number of hydrogen-bond donors (Lipinski definition) is 0. The minimum atomic E-state index is -0.0501. The number of carbonyl (C=O) groups is 1. The minimum absolute atomic E-state index is 0.0501. The molecule has 140 valence electrons. The van der Waals surface area contributed by atoms with Gasteiger partial charge in [-0.1, -0.05) is 30.3 Å². The first-order chi connectivity index (χ1) is 13.2. The molecule has 4 rings (SSSR count). The third-order valence-electron chi connectivity index (χ3n) is 4.52. The van der Waals surface area contributed by atoms with Gasteiger partial charge in [-0.25, -0.2) is 0 Å². The lowest BCUT2D eigenvalue weighted by atomic mass is 10.1. The van der Waals surface area contributed by atoms with Crippen molar-refractivity contribution in [2.75, 3.05) is 13.2 Å². The standard InChI is InChI=1S/C20H21N3O3S/c1-2-9-25-16-7-5-14(6-8-16)12-23-13-15(11-18(23)24)20-21-19(22-26-20)17-4-3-10-27-17/h3-8,10,15H,2,9,11-13H2,1H3. The van der Waals surface area contributed by atoms with E-state index in [4.69, 9.17) is 9.26 Å². The SMILES string of the molecule is CCCOc1ccc(CN2CC(c3nc(-c4cccs4)no3)CC2=O)cc1. The Morgan fingerprint density at radius 1 is 1.30 bits per heavy atom. The number of benzene rings is 1. The van der Waals surface area contributed by atoms with E-state index in [9.17, 15) is 4.79 Å². The van der Waals surface area contributed by atoms with Crippen LogP contribution in [0.15, 0.2) is 46.3 Å². The van der Waals surface area contributed by atoms with Gasteiger partial charge in [-0.15, -0.1) is 11.3 Å². The molecule has 1 aliphatic rings. The number of amides is 1. The van der Waals surface area contributed by atoms with Crippen molar-refractivity contribution >= 4 is 17.2 Å². The van der Waals surface area contributed by atoms with Gasteiger partial charge in [0.2, 0.25) is 17.6 Å². The maximum absolute atomic E-state index is 12.4. The fourth-order valence-corrected chi connectivity index (χ4v) is 3.78. The summed E-state index contributed by atoms with van der Waals surface area (Å²) in [5.41, 5.74) is 1.08. The van der Waals surface area contributed by atoms with E-state index < -0.39 is 0 Å². The monoisotopic (exact) mass is 383 g/mol. The lowest BCUT2D eigenvalue weighted by Crippen LogP contribution is -2.24. The summed E-state index contributed by atoms with van der Waals surface area (Å²) >= 11 is 1.57. The Morgan fingerprint density at radius 2 is 2.15 bits per heavy atom. The number of hydrogen-bond acceptors (Lipinski definition) is 6. The molecule has 6 nitrogen and oxygen atoms in total. The lowest BCUT2D eigenvalue weighted by Gasteiger charge is -2.16. The zero-order valence-electron chi connectivity index (χ0n) is 15.1. The number of carbonyl (C=O) groups excluding carboxylic acids is 1. The fourth-order valence-electron chi connectivity index (χ4n) is 3.13. The molecule has 0 bridgehead atoms. The minimum Gasteiger partial charge on any atom is -0.494 e. The second kappa shape index (κ2) is 7.92. The van der Waals surface area contributed by atoms with Crippen molar-refractivity contribution in [1.82, 2.24) is 15.0 Å². The summed E-state index contributed by atoms with van der Waals surface area (Å²) in [6, 6.07) is 11.8. The molecule has 0 spiro atoms. The number of aromatic nitrogens is 2. The molecule has 1 aromatic carbocycles. The van der Waals surface area contributed by atoms with Crippen LogP contribution in [0.1, 0.15) is 37.1 Å². The predicted molar refractivity (Wildman–Crippen MR) is 103 cm³/mol. The van der Waals surface area contributed by atoms with Crippen molar-refractivity contribution < 1.29 is 14.1 Å². The van der Waals surface area contributed by atoms with Crippen molar-refractivity contribution in [1.29, 1.82) is 0 Å². The van der Waals surface area contributed by atoms with E-state index in [1.165, 1.54) is 0 Å². The Hall–Kier alpha value is -2.67. The van der Waals surface area contributed by atoms with Crippen LogP contribution in [-0.2, 0) is 11.3 Å². The van der Waals surface area contributed by atoms with Crippen molar-refractivity contribution in [3.63, 3.8) is 0 Å². The summed E-state index contributed by atoms with van der Waals surface area (Å²) in [7, 11) is 0. The Morgan fingerprint density at radius 3 is 2.89 bits per heavy atom. The molecular formula is C20H21N3O3S. The zero-order valence-corrected chi connectivity index (χ0v) is 15.9. The Kier molecular flexibility index (Phi) is 5.20. The second-order valence-electron chi connectivity index (χ2n) is 6.60. The van der Waals surface area contributed by atoms with Gasteiger partial charge in [0.1, 0.15) is 5.75 Å². The van der Waals surface area contributed by atoms with Gasteiger partial charge < -0.3 is 14.2 Å². The molecule has 1 saturated heterocycles. The molecule has 27 heavy (non-hydrogen) atoms. The van der Waals surface area contributed by atoms with Gasteiger partial charge in [0.05, 0.1) is 17.4 Å². The van der Waals surface area contributed by atoms with E-state index in [1.54, 1.807) is 11.3 Å². The van der Waals surface area contributed by atoms with Crippen LogP contribution < -0.4 is 4.74 Å². The molecule has 1 unspecified atom stereocenters. The average Bonchev–Trinajstić information content (AvgIpc) is 3.42. The van der Waals surface area contributed by atoms with Gasteiger partial charge in [-0.05, 0) is 35.6 Å². The third kappa shape index (κ3) is 4.03. The van der Waals surface area contributed by atoms with Gasteiger partial charge >= 0.3 is 0 Å². The van der Waals surface area contributed by atoms with E-state index >= 15 is 0 Å². The van der Waals surface area contributed by atoms with Crippen molar-refractivity contribution in [2.24, 2.45) is 0 Å². The highest BCUT2D eigenvalue weighted by Crippen LogP contribution is 2.30.